The van der Waals surface area contributed by atoms with Crippen molar-refractivity contribution in [1.29, 1.82) is 0 Å². The van der Waals surface area contributed by atoms with Gasteiger partial charge in [0, 0.05) is 0 Å². The third-order valence-corrected chi connectivity index (χ3v) is 7.26. The number of rotatable bonds is 12. The van der Waals surface area contributed by atoms with E-state index in [9.17, 15) is 14.4 Å². The van der Waals surface area contributed by atoms with Gasteiger partial charge in [-0.05, 0) is 55.3 Å². The maximum atomic E-state index is 13.5. The Kier molecular flexibility index (Phi) is 8.96. The molecule has 4 rings (SSSR count). The normalized spacial score (nSPS) is 14.9. The van der Waals surface area contributed by atoms with E-state index in [1.807, 2.05) is 6.92 Å². The molecule has 0 aliphatic carbocycles. The highest BCUT2D eigenvalue weighted by Crippen LogP contribution is 2.37. The van der Waals surface area contributed by atoms with Crippen LogP contribution >= 0.6 is 11.3 Å². The van der Waals surface area contributed by atoms with Crippen LogP contribution in [0.3, 0.4) is 0 Å². The molecule has 2 heterocycles. The van der Waals surface area contributed by atoms with Crippen LogP contribution in [0.5, 0.6) is 23.0 Å². The van der Waals surface area contributed by atoms with Crippen molar-refractivity contribution in [3.05, 3.63) is 72.8 Å². The van der Waals surface area contributed by atoms with Crippen LogP contribution in [0.15, 0.2) is 46.9 Å². The fourth-order valence-corrected chi connectivity index (χ4v) is 5.45. The van der Waals surface area contributed by atoms with Crippen LogP contribution in [0.4, 0.5) is 0 Å². The zero-order valence-corrected chi connectivity index (χ0v) is 23.9. The predicted molar refractivity (Wildman–Crippen MR) is 158 cm³/mol. The highest BCUT2D eigenvalue weighted by molar-refractivity contribution is 7.07. The van der Waals surface area contributed by atoms with Gasteiger partial charge in [0.15, 0.2) is 36.2 Å². The summed E-state index contributed by atoms with van der Waals surface area (Å²) >= 11 is 1.16. The number of carbonyl (C=O) groups excluding carboxylic acids is 2. The lowest BCUT2D eigenvalue weighted by molar-refractivity contribution is -0.120. The maximum absolute atomic E-state index is 13.5. The molecule has 42 heavy (non-hydrogen) atoms. The van der Waals surface area contributed by atoms with E-state index in [0.717, 1.165) is 11.3 Å². The molecule has 1 aliphatic rings. The van der Waals surface area contributed by atoms with Crippen molar-refractivity contribution in [3.8, 4) is 23.0 Å². The molecule has 14 heteroatoms. The van der Waals surface area contributed by atoms with Gasteiger partial charge in [-0.25, -0.2) is 4.57 Å². The summed E-state index contributed by atoms with van der Waals surface area (Å²) in [6.45, 7) is 3.67. The van der Waals surface area contributed by atoms with Gasteiger partial charge in [-0.1, -0.05) is 12.1 Å². The molecule has 1 unspecified atom stereocenters. The molecular weight excluding hydrogens is 564 g/mol. The van der Waals surface area contributed by atoms with Gasteiger partial charge >= 0.3 is 0 Å². The van der Waals surface area contributed by atoms with Gasteiger partial charge in [-0.15, -0.1) is 11.3 Å². The second-order valence-corrected chi connectivity index (χ2v) is 10.1. The van der Waals surface area contributed by atoms with Crippen LogP contribution in [0, 0.1) is 0 Å². The Morgan fingerprint density at radius 3 is 1.98 bits per heavy atom. The largest absolute Gasteiger partial charge is 0.490 e. The number of aromatic nitrogens is 1. The summed E-state index contributed by atoms with van der Waals surface area (Å²) in [6, 6.07) is 10.1. The number of amides is 2. The molecule has 0 bridgehead atoms. The lowest BCUT2D eigenvalue weighted by atomic mass is 9.91. The fourth-order valence-electron chi connectivity index (χ4n) is 4.36. The molecule has 0 saturated heterocycles. The monoisotopic (exact) mass is 596 g/mol. The van der Waals surface area contributed by atoms with E-state index in [2.05, 4.69) is 0 Å². The van der Waals surface area contributed by atoms with E-state index in [4.69, 9.17) is 47.6 Å². The summed E-state index contributed by atoms with van der Waals surface area (Å²) in [4.78, 5) is 35.8. The van der Waals surface area contributed by atoms with Crippen LogP contribution in [0.1, 0.15) is 30.9 Å². The zero-order chi connectivity index (χ0) is 30.6. The molecule has 10 N–H and O–H groups in total. The first-order valence-electron chi connectivity index (χ1n) is 12.9. The predicted octanol–water partition coefficient (Wildman–Crippen LogP) is -0.828. The van der Waals surface area contributed by atoms with E-state index >= 15 is 0 Å². The van der Waals surface area contributed by atoms with Crippen molar-refractivity contribution in [2.75, 3.05) is 26.4 Å². The Morgan fingerprint density at radius 2 is 1.40 bits per heavy atom. The van der Waals surface area contributed by atoms with Gasteiger partial charge in [0.25, 0.3) is 17.4 Å². The van der Waals surface area contributed by atoms with E-state index in [-0.39, 0.29) is 24.7 Å². The molecule has 2 aromatic carbocycles. The number of nitrogens with zero attached hydrogens (tertiary/aromatic N) is 1. The minimum atomic E-state index is -0.661. The third-order valence-electron chi connectivity index (χ3n) is 6.14. The molecule has 2 amide bonds. The molecule has 1 aromatic heterocycles. The summed E-state index contributed by atoms with van der Waals surface area (Å²) in [5.41, 5.74) is 31.3. The Balaban J connectivity index is 1.79. The summed E-state index contributed by atoms with van der Waals surface area (Å²) in [5.74, 6) is -0.433. The number of nitrogens with two attached hydrogens (primary N) is 5. The molecule has 0 saturated carbocycles. The standard InChI is InChI=1S/C28H32N6O7S/c1-3-38-18-9-14(5-7-16(18)40-12-21(29)35)10-20-27(37)34-26(33)24(31)23(25(32)28(34)42-20)15-6-8-17(41-13-22(30)36)19(11-15)39-4-2/h5-11,23H,3-4,12-13,31-33H2,1-2H3,(H2,29,35)(H2,30,36)/b20-10-. The molecule has 0 radical (unpaired) electrons. The van der Waals surface area contributed by atoms with E-state index in [1.54, 1.807) is 49.4 Å². The van der Waals surface area contributed by atoms with Crippen LogP contribution in [0.2, 0.25) is 0 Å². The summed E-state index contributed by atoms with van der Waals surface area (Å²) in [6.07, 6.45) is 1.67. The lowest BCUT2D eigenvalue weighted by Crippen LogP contribution is -2.41. The highest BCUT2D eigenvalue weighted by atomic mass is 32.1. The second kappa shape index (κ2) is 12.6. The first kappa shape index (κ1) is 29.9. The van der Waals surface area contributed by atoms with Crippen LogP contribution in [0.25, 0.3) is 17.6 Å². The zero-order valence-electron chi connectivity index (χ0n) is 23.0. The number of ether oxygens (including phenoxy) is 4. The van der Waals surface area contributed by atoms with Crippen molar-refractivity contribution >= 4 is 40.7 Å². The SMILES string of the molecule is CCOc1cc(/C=c2\sc3n(c2=O)C(N)=C(N)C(c2ccc(OCC(N)=O)c(OCC)c2)C=3N)ccc1OCC(N)=O. The first-order chi connectivity index (χ1) is 20.0. The average molecular weight is 597 g/mol. The van der Waals surface area contributed by atoms with Gasteiger partial charge in [-0.3, -0.25) is 14.4 Å². The molecule has 1 aliphatic heterocycles. The Hall–Kier alpha value is -5.11. The average Bonchev–Trinajstić information content (AvgIpc) is 3.27. The minimum absolute atomic E-state index is 0.0577. The van der Waals surface area contributed by atoms with Gasteiger partial charge in [0.1, 0.15) is 10.5 Å². The summed E-state index contributed by atoms with van der Waals surface area (Å²) in [7, 11) is 0. The van der Waals surface area contributed by atoms with Gasteiger partial charge in [-0.2, -0.15) is 0 Å². The van der Waals surface area contributed by atoms with Crippen molar-refractivity contribution in [1.82, 2.24) is 4.57 Å². The maximum Gasteiger partial charge on any atom is 0.274 e. The first-order valence-corrected chi connectivity index (χ1v) is 13.7. The van der Waals surface area contributed by atoms with Gasteiger partial charge in [0.05, 0.1) is 35.1 Å². The number of primary amides is 2. The van der Waals surface area contributed by atoms with Crippen molar-refractivity contribution in [2.45, 2.75) is 19.8 Å². The number of fused-ring (bicyclic) bond motifs is 1. The highest BCUT2D eigenvalue weighted by Gasteiger charge is 2.29. The van der Waals surface area contributed by atoms with E-state index in [1.165, 1.54) is 4.57 Å². The number of thiazole rings is 1. The molecule has 3 aromatic rings. The number of hydrogen-bond acceptors (Lipinski definition) is 11. The number of carbonyl (C=O) groups is 2. The number of benzene rings is 2. The smallest absolute Gasteiger partial charge is 0.274 e. The summed E-state index contributed by atoms with van der Waals surface area (Å²) < 4.78 is 24.3. The van der Waals surface area contributed by atoms with Crippen LogP contribution < -0.4 is 62.4 Å². The molecule has 0 spiro atoms. The van der Waals surface area contributed by atoms with Crippen molar-refractivity contribution in [3.63, 3.8) is 0 Å². The third kappa shape index (κ3) is 6.12. The Bertz CT molecular complexity index is 1740. The molecule has 1 atom stereocenters. The van der Waals surface area contributed by atoms with Gasteiger partial charge in [0.2, 0.25) is 0 Å². The molecule has 13 nitrogen and oxygen atoms in total. The fraction of sp³-hybridized carbons (Fsp3) is 0.250. The van der Waals surface area contributed by atoms with Gasteiger partial charge < -0.3 is 47.6 Å². The Labute approximate surface area is 244 Å². The molecule has 0 fully saturated rings. The van der Waals surface area contributed by atoms with Crippen LogP contribution in [-0.4, -0.2) is 42.8 Å². The quantitative estimate of drug-likeness (QED) is 0.174. The lowest BCUT2D eigenvalue weighted by Gasteiger charge is -2.25. The molecular formula is C28H32N6O7S. The number of hydrogen-bond donors (Lipinski definition) is 5. The summed E-state index contributed by atoms with van der Waals surface area (Å²) in [5, 5.41) is 0. The van der Waals surface area contributed by atoms with E-state index < -0.39 is 23.3 Å². The van der Waals surface area contributed by atoms with Crippen LogP contribution in [-0.2, 0) is 9.59 Å². The minimum Gasteiger partial charge on any atom is -0.490 e. The van der Waals surface area contributed by atoms with E-state index in [0.29, 0.717) is 62.2 Å². The topological polar surface area (TPSA) is 223 Å². The van der Waals surface area contributed by atoms with Crippen molar-refractivity contribution in [2.24, 2.45) is 28.7 Å². The second-order valence-electron chi connectivity index (χ2n) is 9.07. The van der Waals surface area contributed by atoms with Crippen molar-refractivity contribution < 1.29 is 28.5 Å². The molecule has 222 valence electrons. The Morgan fingerprint density at radius 1 is 0.833 bits per heavy atom.